The number of nitrogens with zero attached hydrogens (tertiary/aromatic N) is 2. The second kappa shape index (κ2) is 8.27. The Morgan fingerprint density at radius 1 is 1.21 bits per heavy atom. The van der Waals surface area contributed by atoms with Gasteiger partial charge in [0.1, 0.15) is 0 Å². The van der Waals surface area contributed by atoms with Gasteiger partial charge in [0.05, 0.1) is 17.0 Å². The standard InChI is InChI=1S/C20H19N3O5S/c1-12-8-16(13(2)22(12)10-15-4-3-7-29-15)19(24)11-28-20(25)17-9-14(23(26)27)5-6-18(17)21/h3-9H,10-11,21H2,1-2H3. The molecule has 0 aliphatic rings. The molecule has 0 aliphatic heterocycles. The Balaban J connectivity index is 1.72. The lowest BCUT2D eigenvalue weighted by Crippen LogP contribution is -2.16. The number of hydrogen-bond acceptors (Lipinski definition) is 7. The third-order valence-electron chi connectivity index (χ3n) is 4.57. The van der Waals surface area contributed by atoms with Gasteiger partial charge in [0.25, 0.3) is 5.69 Å². The summed E-state index contributed by atoms with van der Waals surface area (Å²) in [5.41, 5.74) is 7.51. The SMILES string of the molecule is Cc1cc(C(=O)COC(=O)c2cc([N+](=O)[O-])ccc2N)c(C)n1Cc1cccs1. The van der Waals surface area contributed by atoms with Gasteiger partial charge in [-0.1, -0.05) is 6.07 Å². The molecular weight excluding hydrogens is 394 g/mol. The molecule has 150 valence electrons. The molecule has 0 bridgehead atoms. The number of Topliss-reactive ketones (excluding diaryl/α,β-unsaturated/α-hetero) is 1. The van der Waals surface area contributed by atoms with Gasteiger partial charge in [-0.2, -0.15) is 0 Å². The number of nitrogens with two attached hydrogens (primary N) is 1. The Bertz CT molecular complexity index is 1090. The van der Waals surface area contributed by atoms with E-state index in [-0.39, 0.29) is 22.7 Å². The number of non-ortho nitro benzene ring substituents is 1. The molecule has 0 aliphatic carbocycles. The van der Waals surface area contributed by atoms with Crippen molar-refractivity contribution in [3.8, 4) is 0 Å². The second-order valence-electron chi connectivity index (χ2n) is 6.48. The average Bonchev–Trinajstić information content (AvgIpc) is 3.29. The number of nitrogen functional groups attached to an aromatic ring is 1. The molecule has 2 heterocycles. The minimum atomic E-state index is -0.882. The quantitative estimate of drug-likeness (QED) is 0.207. The summed E-state index contributed by atoms with van der Waals surface area (Å²) in [6.45, 7) is 3.93. The van der Waals surface area contributed by atoms with Crippen LogP contribution in [0.4, 0.5) is 11.4 Å². The molecule has 0 radical (unpaired) electrons. The van der Waals surface area contributed by atoms with E-state index in [0.717, 1.165) is 17.5 Å². The molecule has 2 N–H and O–H groups in total. The topological polar surface area (TPSA) is 117 Å². The van der Waals surface area contributed by atoms with Crippen LogP contribution in [0.15, 0.2) is 41.8 Å². The molecule has 2 aromatic heterocycles. The number of ketones is 1. The summed E-state index contributed by atoms with van der Waals surface area (Å²) in [4.78, 5) is 36.3. The first kappa shape index (κ1) is 20.3. The first-order chi connectivity index (χ1) is 13.8. The summed E-state index contributed by atoms with van der Waals surface area (Å²) < 4.78 is 7.10. The minimum Gasteiger partial charge on any atom is -0.454 e. The fraction of sp³-hybridized carbons (Fsp3) is 0.200. The molecule has 0 unspecified atom stereocenters. The molecular formula is C20H19N3O5S. The molecule has 0 atom stereocenters. The summed E-state index contributed by atoms with van der Waals surface area (Å²) in [5, 5.41) is 12.9. The Morgan fingerprint density at radius 3 is 2.62 bits per heavy atom. The number of ether oxygens (including phenoxy) is 1. The van der Waals surface area contributed by atoms with Crippen molar-refractivity contribution < 1.29 is 19.2 Å². The Hall–Kier alpha value is -3.46. The number of thiophene rings is 1. The van der Waals surface area contributed by atoms with Crippen LogP contribution in [0, 0.1) is 24.0 Å². The monoisotopic (exact) mass is 413 g/mol. The van der Waals surface area contributed by atoms with Gasteiger partial charge < -0.3 is 15.0 Å². The van der Waals surface area contributed by atoms with Crippen LogP contribution < -0.4 is 5.73 Å². The molecule has 0 saturated carbocycles. The van der Waals surface area contributed by atoms with E-state index in [0.29, 0.717) is 12.1 Å². The van der Waals surface area contributed by atoms with Crippen LogP contribution in [0.25, 0.3) is 0 Å². The maximum Gasteiger partial charge on any atom is 0.340 e. The van der Waals surface area contributed by atoms with Crippen molar-refractivity contribution in [3.05, 3.63) is 79.3 Å². The van der Waals surface area contributed by atoms with E-state index in [1.165, 1.54) is 17.0 Å². The maximum atomic E-state index is 12.6. The van der Waals surface area contributed by atoms with E-state index >= 15 is 0 Å². The van der Waals surface area contributed by atoms with Crippen molar-refractivity contribution in [2.75, 3.05) is 12.3 Å². The predicted octanol–water partition coefficient (Wildman–Crippen LogP) is 3.74. The summed E-state index contributed by atoms with van der Waals surface area (Å²) in [5.74, 6) is -1.24. The van der Waals surface area contributed by atoms with Crippen molar-refractivity contribution in [1.82, 2.24) is 4.57 Å². The molecule has 9 heteroatoms. The van der Waals surface area contributed by atoms with Gasteiger partial charge in [-0.05, 0) is 37.4 Å². The number of hydrogen-bond donors (Lipinski definition) is 1. The number of carbonyl (C=O) groups excluding carboxylic acids is 2. The van der Waals surface area contributed by atoms with Crippen molar-refractivity contribution in [2.24, 2.45) is 0 Å². The van der Waals surface area contributed by atoms with Gasteiger partial charge >= 0.3 is 5.97 Å². The molecule has 0 saturated heterocycles. The van der Waals surface area contributed by atoms with Gasteiger partial charge in [-0.3, -0.25) is 14.9 Å². The van der Waals surface area contributed by atoms with E-state index in [4.69, 9.17) is 10.5 Å². The van der Waals surface area contributed by atoms with E-state index < -0.39 is 17.5 Å². The number of nitro groups is 1. The smallest absolute Gasteiger partial charge is 0.340 e. The van der Waals surface area contributed by atoms with Gasteiger partial charge in [0.2, 0.25) is 5.78 Å². The number of nitro benzene ring substituents is 1. The fourth-order valence-corrected chi connectivity index (χ4v) is 3.70. The zero-order chi connectivity index (χ0) is 21.1. The van der Waals surface area contributed by atoms with Crippen LogP contribution in [-0.2, 0) is 11.3 Å². The summed E-state index contributed by atoms with van der Waals surface area (Å²) in [6, 6.07) is 9.25. The first-order valence-corrected chi connectivity index (χ1v) is 9.59. The number of anilines is 1. The van der Waals surface area contributed by atoms with Crippen LogP contribution in [0.5, 0.6) is 0 Å². The van der Waals surface area contributed by atoms with Crippen LogP contribution >= 0.6 is 11.3 Å². The highest BCUT2D eigenvalue weighted by molar-refractivity contribution is 7.09. The largest absolute Gasteiger partial charge is 0.454 e. The molecule has 0 amide bonds. The van der Waals surface area contributed by atoms with Crippen molar-refractivity contribution in [1.29, 1.82) is 0 Å². The highest BCUT2D eigenvalue weighted by atomic mass is 32.1. The number of rotatable bonds is 7. The molecule has 1 aromatic carbocycles. The predicted molar refractivity (Wildman–Crippen MR) is 109 cm³/mol. The van der Waals surface area contributed by atoms with Crippen molar-refractivity contribution in [3.63, 3.8) is 0 Å². The second-order valence-corrected chi connectivity index (χ2v) is 7.51. The molecule has 0 spiro atoms. The van der Waals surface area contributed by atoms with Gasteiger partial charge in [0.15, 0.2) is 6.61 Å². The zero-order valence-corrected chi connectivity index (χ0v) is 16.7. The minimum absolute atomic E-state index is 0.0437. The average molecular weight is 413 g/mol. The number of carbonyl (C=O) groups is 2. The number of aryl methyl sites for hydroxylation is 1. The third-order valence-corrected chi connectivity index (χ3v) is 5.43. The zero-order valence-electron chi connectivity index (χ0n) is 15.9. The van der Waals surface area contributed by atoms with E-state index in [9.17, 15) is 19.7 Å². The number of benzene rings is 1. The maximum absolute atomic E-state index is 12.6. The molecule has 3 aromatic rings. The Labute approximate surface area is 170 Å². The van der Waals surface area contributed by atoms with Crippen LogP contribution in [0.1, 0.15) is 37.0 Å². The van der Waals surface area contributed by atoms with Crippen LogP contribution in [0.3, 0.4) is 0 Å². The Morgan fingerprint density at radius 2 is 1.97 bits per heavy atom. The van der Waals surface area contributed by atoms with Crippen LogP contribution in [0.2, 0.25) is 0 Å². The van der Waals surface area contributed by atoms with Crippen molar-refractivity contribution >= 4 is 34.5 Å². The third kappa shape index (κ3) is 4.35. The van der Waals surface area contributed by atoms with E-state index in [1.807, 2.05) is 35.9 Å². The fourth-order valence-electron chi connectivity index (χ4n) is 3.01. The van der Waals surface area contributed by atoms with Gasteiger partial charge in [0, 0.05) is 39.6 Å². The molecule has 8 nitrogen and oxygen atoms in total. The van der Waals surface area contributed by atoms with E-state index in [1.54, 1.807) is 17.4 Å². The summed E-state index contributed by atoms with van der Waals surface area (Å²) >= 11 is 1.63. The van der Waals surface area contributed by atoms with E-state index in [2.05, 4.69) is 0 Å². The summed E-state index contributed by atoms with van der Waals surface area (Å²) in [7, 11) is 0. The first-order valence-electron chi connectivity index (χ1n) is 8.71. The van der Waals surface area contributed by atoms with Crippen LogP contribution in [-0.4, -0.2) is 27.8 Å². The number of aromatic nitrogens is 1. The highest BCUT2D eigenvalue weighted by Gasteiger charge is 2.20. The van der Waals surface area contributed by atoms with Gasteiger partial charge in [-0.25, -0.2) is 4.79 Å². The highest BCUT2D eigenvalue weighted by Crippen LogP contribution is 2.22. The number of esters is 1. The lowest BCUT2D eigenvalue weighted by Gasteiger charge is -2.09. The van der Waals surface area contributed by atoms with Gasteiger partial charge in [-0.15, -0.1) is 11.3 Å². The van der Waals surface area contributed by atoms with Crippen molar-refractivity contribution in [2.45, 2.75) is 20.4 Å². The lowest BCUT2D eigenvalue weighted by atomic mass is 10.1. The Kier molecular flexibility index (Phi) is 5.79. The molecule has 3 rings (SSSR count). The normalized spacial score (nSPS) is 10.7. The lowest BCUT2D eigenvalue weighted by molar-refractivity contribution is -0.384. The molecule has 0 fully saturated rings. The summed E-state index contributed by atoms with van der Waals surface area (Å²) in [6.07, 6.45) is 0. The molecule has 29 heavy (non-hydrogen) atoms.